The van der Waals surface area contributed by atoms with Crippen LogP contribution in [0.2, 0.25) is 0 Å². The largest absolute Gasteiger partial charge is 0.484 e. The van der Waals surface area contributed by atoms with Gasteiger partial charge in [0.15, 0.2) is 0 Å². The predicted octanol–water partition coefficient (Wildman–Crippen LogP) is 1.43. The highest BCUT2D eigenvalue weighted by Crippen LogP contribution is 2.47. The van der Waals surface area contributed by atoms with Gasteiger partial charge < -0.3 is 20.5 Å². The molecule has 7 heteroatoms. The van der Waals surface area contributed by atoms with Gasteiger partial charge in [-0.05, 0) is 26.7 Å². The van der Waals surface area contributed by atoms with Crippen LogP contribution < -0.4 is 10.5 Å². The van der Waals surface area contributed by atoms with E-state index in [1.807, 2.05) is 0 Å². The lowest BCUT2D eigenvalue weighted by Crippen LogP contribution is -2.55. The molecule has 1 aromatic heterocycles. The number of nitrogens with two attached hydrogens (primary N) is 1. The average molecular weight is 324 g/mol. The summed E-state index contributed by atoms with van der Waals surface area (Å²) in [5.41, 5.74) is 4.51. The first-order chi connectivity index (χ1) is 10.3. The molecule has 3 rings (SSSR count). The van der Waals surface area contributed by atoms with E-state index in [0.29, 0.717) is 28.5 Å². The van der Waals surface area contributed by atoms with E-state index < -0.39 is 23.7 Å². The molecular weight excluding hydrogens is 304 g/mol. The molecule has 2 atom stereocenters. The number of thiophene rings is 1. The van der Waals surface area contributed by atoms with E-state index in [-0.39, 0.29) is 5.91 Å². The van der Waals surface area contributed by atoms with E-state index in [1.54, 1.807) is 24.8 Å². The molecule has 0 radical (unpaired) electrons. The van der Waals surface area contributed by atoms with Crippen molar-refractivity contribution in [3.05, 3.63) is 15.8 Å². The Morgan fingerprint density at radius 1 is 1.50 bits per heavy atom. The molecule has 0 aromatic carbocycles. The van der Waals surface area contributed by atoms with Crippen LogP contribution in [0.4, 0.5) is 0 Å². The van der Waals surface area contributed by atoms with Gasteiger partial charge in [0.2, 0.25) is 5.91 Å². The van der Waals surface area contributed by atoms with E-state index in [4.69, 9.17) is 10.5 Å². The molecule has 120 valence electrons. The molecule has 1 fully saturated rings. The highest BCUT2D eigenvalue weighted by atomic mass is 32.1. The molecule has 6 nitrogen and oxygen atoms in total. The number of carbonyl (C=O) groups excluding carboxylic acids is 2. The summed E-state index contributed by atoms with van der Waals surface area (Å²) in [4.78, 5) is 26.5. The van der Waals surface area contributed by atoms with E-state index in [9.17, 15) is 14.7 Å². The Labute approximate surface area is 132 Å². The maximum Gasteiger partial charge on any atom is 0.258 e. The Bertz CT molecular complexity index is 625. The van der Waals surface area contributed by atoms with Gasteiger partial charge in [-0.2, -0.15) is 0 Å². The van der Waals surface area contributed by atoms with Crippen molar-refractivity contribution in [3.63, 3.8) is 0 Å². The number of likely N-dealkylation sites (tertiary alicyclic amines) is 1. The Kier molecular flexibility index (Phi) is 3.65. The van der Waals surface area contributed by atoms with Crippen molar-refractivity contribution in [1.82, 2.24) is 4.90 Å². The van der Waals surface area contributed by atoms with Gasteiger partial charge in [-0.15, -0.1) is 11.3 Å². The minimum Gasteiger partial charge on any atom is -0.484 e. The van der Waals surface area contributed by atoms with Gasteiger partial charge >= 0.3 is 0 Å². The monoisotopic (exact) mass is 324 g/mol. The fraction of sp³-hybridized carbons (Fsp3) is 0.600. The maximum atomic E-state index is 12.3. The van der Waals surface area contributed by atoms with Crippen LogP contribution >= 0.6 is 11.3 Å². The van der Waals surface area contributed by atoms with Gasteiger partial charge in [0.05, 0.1) is 15.8 Å². The van der Waals surface area contributed by atoms with Crippen LogP contribution in [0.1, 0.15) is 53.7 Å². The van der Waals surface area contributed by atoms with E-state index >= 15 is 0 Å². The minimum atomic E-state index is -0.860. The van der Waals surface area contributed by atoms with Gasteiger partial charge in [-0.25, -0.2) is 0 Å². The number of rotatable bonds is 2. The van der Waals surface area contributed by atoms with Gasteiger partial charge in [0.25, 0.3) is 5.91 Å². The fourth-order valence-electron chi connectivity index (χ4n) is 3.10. The van der Waals surface area contributed by atoms with Crippen LogP contribution in [0.25, 0.3) is 0 Å². The standard InChI is InChI=1S/C15H20N2O4S/c1-15(2)13(19)11(17-6-4-3-5-10(17)18)12-8(21-15)7-9(22-12)14(16)20/h7,11,13,19H,3-6H2,1-2H3,(H2,16,20)/t11-,13+/m0/s1. The van der Waals surface area contributed by atoms with Gasteiger partial charge in [0.1, 0.15) is 17.5 Å². The molecule has 0 unspecified atom stereocenters. The molecule has 0 aliphatic carbocycles. The average Bonchev–Trinajstić information content (AvgIpc) is 2.84. The zero-order valence-corrected chi connectivity index (χ0v) is 13.5. The molecule has 1 aromatic rings. The number of hydrogen-bond donors (Lipinski definition) is 2. The number of hydrogen-bond acceptors (Lipinski definition) is 5. The van der Waals surface area contributed by atoms with Gasteiger partial charge in [0, 0.05) is 19.0 Å². The fourth-order valence-corrected chi connectivity index (χ4v) is 4.18. The highest BCUT2D eigenvalue weighted by Gasteiger charge is 2.48. The topological polar surface area (TPSA) is 92.9 Å². The number of ether oxygens (including phenoxy) is 1. The van der Waals surface area contributed by atoms with Crippen LogP contribution in [-0.4, -0.2) is 40.1 Å². The molecule has 2 aliphatic rings. The third-order valence-corrected chi connectivity index (χ3v) is 5.52. The Hall–Kier alpha value is -1.60. The van der Waals surface area contributed by atoms with Crippen molar-refractivity contribution in [3.8, 4) is 5.75 Å². The number of nitrogens with zero attached hydrogens (tertiary/aromatic N) is 1. The molecule has 3 heterocycles. The van der Waals surface area contributed by atoms with E-state index in [2.05, 4.69) is 0 Å². The number of amides is 2. The van der Waals surface area contributed by atoms with Crippen molar-refractivity contribution in [2.24, 2.45) is 5.73 Å². The third-order valence-electron chi connectivity index (χ3n) is 4.32. The van der Waals surface area contributed by atoms with E-state index in [0.717, 1.165) is 12.8 Å². The Morgan fingerprint density at radius 3 is 2.86 bits per heavy atom. The first-order valence-electron chi connectivity index (χ1n) is 7.41. The van der Waals surface area contributed by atoms with Crippen LogP contribution in [-0.2, 0) is 4.79 Å². The number of aliphatic hydroxyl groups is 1. The van der Waals surface area contributed by atoms with Crippen LogP contribution in [0, 0.1) is 0 Å². The molecule has 2 aliphatic heterocycles. The van der Waals surface area contributed by atoms with Crippen molar-refractivity contribution < 1.29 is 19.4 Å². The second-order valence-corrected chi connectivity index (χ2v) is 7.43. The number of primary amides is 1. The predicted molar refractivity (Wildman–Crippen MR) is 81.9 cm³/mol. The smallest absolute Gasteiger partial charge is 0.258 e. The first kappa shape index (κ1) is 15.3. The normalized spacial score (nSPS) is 27.2. The van der Waals surface area contributed by atoms with E-state index in [1.165, 1.54) is 11.3 Å². The van der Waals surface area contributed by atoms with Crippen molar-refractivity contribution in [1.29, 1.82) is 0 Å². The summed E-state index contributed by atoms with van der Waals surface area (Å²) in [7, 11) is 0. The third kappa shape index (κ3) is 2.38. The molecule has 0 bridgehead atoms. The molecular formula is C15H20N2O4S. The summed E-state index contributed by atoms with van der Waals surface area (Å²) >= 11 is 1.20. The summed E-state index contributed by atoms with van der Waals surface area (Å²) in [5.74, 6) is 0.0458. The number of aliphatic hydroxyl groups excluding tert-OH is 1. The second-order valence-electron chi connectivity index (χ2n) is 6.34. The zero-order chi connectivity index (χ0) is 16.1. The summed E-state index contributed by atoms with van der Waals surface area (Å²) in [6, 6.07) is 1.13. The summed E-state index contributed by atoms with van der Waals surface area (Å²) in [5, 5.41) is 10.7. The summed E-state index contributed by atoms with van der Waals surface area (Å²) < 4.78 is 5.83. The van der Waals surface area contributed by atoms with Crippen LogP contribution in [0.5, 0.6) is 5.75 Å². The molecule has 3 N–H and O–H groups in total. The minimum absolute atomic E-state index is 0.0352. The SMILES string of the molecule is CC1(C)Oc2cc(C(N)=O)sc2[C@H](N2CCCCC2=O)[C@H]1O. The van der Waals surface area contributed by atoms with Crippen molar-refractivity contribution in [2.75, 3.05) is 6.54 Å². The van der Waals surface area contributed by atoms with Crippen LogP contribution in [0.3, 0.4) is 0 Å². The molecule has 0 saturated carbocycles. The van der Waals surface area contributed by atoms with Crippen molar-refractivity contribution in [2.45, 2.75) is 50.9 Å². The lowest BCUT2D eigenvalue weighted by molar-refractivity contribution is -0.146. The quantitative estimate of drug-likeness (QED) is 0.861. The van der Waals surface area contributed by atoms with Crippen LogP contribution in [0.15, 0.2) is 6.07 Å². The zero-order valence-electron chi connectivity index (χ0n) is 12.7. The Morgan fingerprint density at radius 2 is 2.23 bits per heavy atom. The molecule has 2 amide bonds. The molecule has 1 saturated heterocycles. The number of fused-ring (bicyclic) bond motifs is 1. The molecule has 22 heavy (non-hydrogen) atoms. The summed E-state index contributed by atoms with van der Waals surface area (Å²) in [6.45, 7) is 4.17. The Balaban J connectivity index is 2.07. The number of piperidine rings is 1. The first-order valence-corrected chi connectivity index (χ1v) is 8.23. The lowest BCUT2D eigenvalue weighted by atomic mass is 9.88. The lowest BCUT2D eigenvalue weighted by Gasteiger charge is -2.46. The number of carbonyl (C=O) groups is 2. The van der Waals surface area contributed by atoms with Crippen molar-refractivity contribution >= 4 is 23.2 Å². The van der Waals surface area contributed by atoms with Gasteiger partial charge in [-0.1, -0.05) is 0 Å². The highest BCUT2D eigenvalue weighted by molar-refractivity contribution is 7.14. The molecule has 0 spiro atoms. The van der Waals surface area contributed by atoms with Gasteiger partial charge in [-0.3, -0.25) is 9.59 Å². The summed E-state index contributed by atoms with van der Waals surface area (Å²) in [6.07, 6.45) is 1.43. The second kappa shape index (κ2) is 5.24. The maximum absolute atomic E-state index is 12.3.